The number of hydrogen-bond donors (Lipinski definition) is 4. The summed E-state index contributed by atoms with van der Waals surface area (Å²) in [6, 6.07) is 8.68. The van der Waals surface area contributed by atoms with Crippen LogP contribution in [-0.2, 0) is 40.2 Å². The Morgan fingerprint density at radius 3 is 1.72 bits per heavy atom. The van der Waals surface area contributed by atoms with Gasteiger partial charge >= 0.3 is 44.9 Å². The van der Waals surface area contributed by atoms with Gasteiger partial charge < -0.3 is 69.4 Å². The predicted octanol–water partition coefficient (Wildman–Crippen LogP) is 4.97. The van der Waals surface area contributed by atoms with Gasteiger partial charge in [-0.15, -0.1) is 0 Å². The van der Waals surface area contributed by atoms with Gasteiger partial charge in [0.25, 0.3) is 0 Å². The summed E-state index contributed by atoms with van der Waals surface area (Å²) in [5.74, 6) is -5.97. The van der Waals surface area contributed by atoms with E-state index in [1.807, 2.05) is 13.8 Å². The van der Waals surface area contributed by atoms with Crippen LogP contribution in [-0.4, -0.2) is 89.5 Å². The third-order valence-electron chi connectivity index (χ3n) is 5.77. The van der Waals surface area contributed by atoms with E-state index in [-0.39, 0.29) is 79.6 Å². The zero-order valence-electron chi connectivity index (χ0n) is 27.2. The van der Waals surface area contributed by atoms with Crippen molar-refractivity contribution in [1.82, 2.24) is 0 Å². The SMILES string of the molecule is CC.CC(=O)c1oc2cc(N(CC(=O)O)CC(=O)O)c(OCCOc3ccccc3N(CC(=O)O)CC(=O)O)cc2c1N=[N+]=[N-].[CH-]=CC=[CH-].[W+2]. The molecule has 0 spiro atoms. The first kappa shape index (κ1) is 44.2. The van der Waals surface area contributed by atoms with E-state index in [9.17, 15) is 44.4 Å². The van der Waals surface area contributed by atoms with Crippen LogP contribution in [0.1, 0.15) is 31.3 Å². The van der Waals surface area contributed by atoms with E-state index in [0.29, 0.717) is 0 Å². The van der Waals surface area contributed by atoms with E-state index in [1.165, 1.54) is 43.3 Å². The molecule has 2 aromatic carbocycles. The Balaban J connectivity index is 0.00000319. The van der Waals surface area contributed by atoms with Crippen molar-refractivity contribution in [2.24, 2.45) is 5.11 Å². The molecule has 4 N–H and O–H groups in total. The van der Waals surface area contributed by atoms with Crippen LogP contribution in [0.5, 0.6) is 11.5 Å². The summed E-state index contributed by atoms with van der Waals surface area (Å²) < 4.78 is 17.1. The van der Waals surface area contributed by atoms with Gasteiger partial charge in [-0.25, -0.2) is 0 Å². The van der Waals surface area contributed by atoms with E-state index in [0.717, 1.165) is 9.80 Å². The molecule has 0 fully saturated rings. The Bertz CT molecular complexity index is 1680. The Morgan fingerprint density at radius 1 is 0.820 bits per heavy atom. The predicted molar refractivity (Wildman–Crippen MR) is 177 cm³/mol. The van der Waals surface area contributed by atoms with Crippen molar-refractivity contribution in [3.05, 3.63) is 77.9 Å². The van der Waals surface area contributed by atoms with Crippen molar-refractivity contribution in [3.8, 4) is 11.5 Å². The van der Waals surface area contributed by atoms with Gasteiger partial charge in [0.05, 0.1) is 17.1 Å². The number of anilines is 2. The molecule has 0 amide bonds. The molecule has 0 radical (unpaired) electrons. The van der Waals surface area contributed by atoms with Crippen LogP contribution in [0.15, 0.2) is 58.1 Å². The molecule has 50 heavy (non-hydrogen) atoms. The van der Waals surface area contributed by atoms with Gasteiger partial charge in [-0.3, -0.25) is 24.0 Å². The number of carbonyl (C=O) groups excluding carboxylic acids is 1. The summed E-state index contributed by atoms with van der Waals surface area (Å²) in [7, 11) is 0. The summed E-state index contributed by atoms with van der Waals surface area (Å²) in [4.78, 5) is 62.5. The summed E-state index contributed by atoms with van der Waals surface area (Å²) in [5.41, 5.74) is 9.02. The fourth-order valence-corrected chi connectivity index (χ4v) is 4.09. The number of carboxylic acids is 4. The standard InChI is InChI=1S/C26H25N5O12.C4H4.C2H6.W/c1-14(32)26-25(28-29-27)15-8-20(17(9-19(15)43-26)31(12-23(37)38)13-24(39)40)42-7-6-41-18-5-3-2-4-16(18)30(10-21(33)34)11-22(35)36;1-3-4-2;1-2;/h2-5,8-9H,6-7,10-13H2,1H3,(H,33,34)(H,35,36)(H,37,38)(H,39,40);1-4H;1-2H3;/q;-2;;+2. The van der Waals surface area contributed by atoms with Gasteiger partial charge in [-0.1, -0.05) is 31.1 Å². The zero-order chi connectivity index (χ0) is 37.1. The number of ether oxygens (including phenoxy) is 2. The van der Waals surface area contributed by atoms with Crippen LogP contribution < -0.4 is 19.3 Å². The summed E-state index contributed by atoms with van der Waals surface area (Å²) in [6.07, 6.45) is 2.56. The Hall–Kier alpha value is -5.79. The molecule has 17 nitrogen and oxygen atoms in total. The van der Waals surface area contributed by atoms with Crippen molar-refractivity contribution in [2.75, 3.05) is 49.2 Å². The quantitative estimate of drug-likeness (QED) is 0.0251. The smallest absolute Gasteiger partial charge is 0.488 e. The number of carboxylic acid groups (broad SMARTS) is 4. The number of Topliss-reactive ketones (excluding diaryl/α,β-unsaturated/α-hetero) is 1. The van der Waals surface area contributed by atoms with Crippen molar-refractivity contribution in [2.45, 2.75) is 20.8 Å². The first-order valence-corrected chi connectivity index (χ1v) is 14.3. The maximum absolute atomic E-state index is 12.1. The van der Waals surface area contributed by atoms with Gasteiger partial charge in [0.1, 0.15) is 56.5 Å². The van der Waals surface area contributed by atoms with Crippen LogP contribution in [0.3, 0.4) is 0 Å². The molecule has 3 aromatic rings. The first-order valence-electron chi connectivity index (χ1n) is 14.3. The largest absolute Gasteiger partial charge is 2.00 e. The fraction of sp³-hybridized carbons (Fsp3) is 0.281. The molecule has 0 bridgehead atoms. The molecule has 0 aliphatic carbocycles. The third-order valence-corrected chi connectivity index (χ3v) is 5.77. The van der Waals surface area contributed by atoms with Gasteiger partial charge in [-0.05, 0) is 23.7 Å². The fourth-order valence-electron chi connectivity index (χ4n) is 4.09. The minimum Gasteiger partial charge on any atom is -0.488 e. The number of para-hydroxylation sites is 2. The average Bonchev–Trinajstić information content (AvgIpc) is 3.40. The van der Waals surface area contributed by atoms with Crippen molar-refractivity contribution in [3.63, 3.8) is 0 Å². The summed E-state index contributed by atoms with van der Waals surface area (Å²) in [5, 5.41) is 40.8. The molecule has 0 saturated carbocycles. The Kier molecular flexibility index (Phi) is 20.1. The second-order valence-corrected chi connectivity index (χ2v) is 9.18. The van der Waals surface area contributed by atoms with Crippen LogP contribution in [0, 0.1) is 13.2 Å². The number of furan rings is 1. The number of fused-ring (bicyclic) bond motifs is 1. The van der Waals surface area contributed by atoms with Gasteiger partial charge in [-0.2, -0.15) is 0 Å². The Labute approximate surface area is 300 Å². The molecule has 266 valence electrons. The van der Waals surface area contributed by atoms with E-state index < -0.39 is 55.8 Å². The Morgan fingerprint density at radius 2 is 1.28 bits per heavy atom. The van der Waals surface area contributed by atoms with Gasteiger partial charge in [0, 0.05) is 23.3 Å². The van der Waals surface area contributed by atoms with Gasteiger partial charge in [0.15, 0.2) is 11.5 Å². The normalized spacial score (nSPS) is 9.50. The summed E-state index contributed by atoms with van der Waals surface area (Å²) in [6.45, 7) is 11.5. The molecule has 0 aliphatic heterocycles. The molecule has 0 aliphatic rings. The maximum Gasteiger partial charge on any atom is 2.00 e. The topological polar surface area (TPSA) is 253 Å². The molecule has 1 heterocycles. The number of nitrogens with zero attached hydrogens (tertiary/aromatic N) is 5. The zero-order valence-corrected chi connectivity index (χ0v) is 30.1. The molecule has 0 saturated heterocycles. The number of carbonyl (C=O) groups is 5. The monoisotopic (exact) mass is 865 g/mol. The van der Waals surface area contributed by atoms with Crippen LogP contribution in [0.25, 0.3) is 21.4 Å². The second-order valence-electron chi connectivity index (χ2n) is 9.18. The van der Waals surface area contributed by atoms with Crippen molar-refractivity contribution in [1.29, 1.82) is 0 Å². The minimum absolute atomic E-state index is 0. The van der Waals surface area contributed by atoms with Crippen LogP contribution >= 0.6 is 0 Å². The number of allylic oxidation sites excluding steroid dienone is 2. The number of rotatable bonds is 18. The molecule has 3 rings (SSSR count). The molecule has 18 heteroatoms. The number of azide groups is 1. The number of hydrogen-bond acceptors (Lipinski definition) is 11. The van der Waals surface area contributed by atoms with Crippen LogP contribution in [0.2, 0.25) is 0 Å². The molecular formula is C32H35N5O12W. The van der Waals surface area contributed by atoms with Crippen molar-refractivity contribution < 1.29 is 79.4 Å². The second kappa shape index (κ2) is 22.7. The van der Waals surface area contributed by atoms with E-state index >= 15 is 0 Å². The van der Waals surface area contributed by atoms with Gasteiger partial charge in [0.2, 0.25) is 0 Å². The third kappa shape index (κ3) is 13.7. The number of aliphatic carboxylic acids is 4. The van der Waals surface area contributed by atoms with E-state index in [1.54, 1.807) is 12.1 Å². The van der Waals surface area contributed by atoms with E-state index in [4.69, 9.17) is 32.6 Å². The maximum atomic E-state index is 12.1. The molecular weight excluding hydrogens is 830 g/mol. The minimum atomic E-state index is -1.35. The first-order chi connectivity index (χ1) is 23.3. The van der Waals surface area contributed by atoms with E-state index in [2.05, 4.69) is 10.0 Å². The number of ketones is 1. The molecule has 0 atom stereocenters. The van der Waals surface area contributed by atoms with Crippen molar-refractivity contribution >= 4 is 57.7 Å². The molecule has 1 aromatic heterocycles. The average molecular weight is 865 g/mol. The number of benzene rings is 2. The van der Waals surface area contributed by atoms with Crippen LogP contribution in [0.4, 0.5) is 17.1 Å². The summed E-state index contributed by atoms with van der Waals surface area (Å²) >= 11 is 0. The molecule has 0 unspecified atom stereocenters.